The molecule has 0 saturated carbocycles. The van der Waals surface area contributed by atoms with E-state index in [-0.39, 0.29) is 0 Å². The quantitative estimate of drug-likeness (QED) is 0.622. The second-order valence-corrected chi connectivity index (χ2v) is 3.01. The van der Waals surface area contributed by atoms with Gasteiger partial charge in [-0.2, -0.15) is 0 Å². The minimum absolute atomic E-state index is 0.934. The minimum atomic E-state index is 0.934. The van der Waals surface area contributed by atoms with Crippen LogP contribution in [0.4, 0.5) is 0 Å². The van der Waals surface area contributed by atoms with Gasteiger partial charge in [-0.25, -0.2) is 4.37 Å². The maximum absolute atomic E-state index is 4.00. The lowest BCUT2D eigenvalue weighted by molar-refractivity contribution is 1.39. The van der Waals surface area contributed by atoms with E-state index < -0.39 is 0 Å². The number of alkyl halides is 1. The number of halogens is 1. The SMILES string of the molecule is Cc1cnsc1CBr. The van der Waals surface area contributed by atoms with Crippen LogP contribution in [0.3, 0.4) is 0 Å². The van der Waals surface area contributed by atoms with Gasteiger partial charge in [-0.15, -0.1) is 0 Å². The Hall–Kier alpha value is 0.110. The fourth-order valence-electron chi connectivity index (χ4n) is 0.443. The standard InChI is InChI=1S/C5H6BrNS/c1-4-3-7-8-5(4)2-6/h3H,2H2,1H3. The fraction of sp³-hybridized carbons (Fsp3) is 0.400. The molecular formula is C5H6BrNS. The molecule has 0 bridgehead atoms. The summed E-state index contributed by atoms with van der Waals surface area (Å²) in [5.74, 6) is 0. The highest BCUT2D eigenvalue weighted by Gasteiger charge is 1.95. The molecule has 0 aliphatic rings. The average molecular weight is 192 g/mol. The highest BCUT2D eigenvalue weighted by Crippen LogP contribution is 2.14. The third kappa shape index (κ3) is 1.09. The van der Waals surface area contributed by atoms with Gasteiger partial charge < -0.3 is 0 Å². The van der Waals surface area contributed by atoms with Crippen LogP contribution in [0, 0.1) is 6.92 Å². The van der Waals surface area contributed by atoms with Gasteiger partial charge in [-0.1, -0.05) is 15.9 Å². The predicted molar refractivity (Wildman–Crippen MR) is 39.5 cm³/mol. The molecular weight excluding hydrogens is 186 g/mol. The maximum Gasteiger partial charge on any atom is 0.0439 e. The molecule has 0 spiro atoms. The second kappa shape index (κ2) is 2.60. The van der Waals surface area contributed by atoms with Crippen LogP contribution in [0.15, 0.2) is 6.20 Å². The molecule has 3 heteroatoms. The highest BCUT2D eigenvalue weighted by atomic mass is 79.9. The van der Waals surface area contributed by atoms with Gasteiger partial charge in [0.15, 0.2) is 0 Å². The van der Waals surface area contributed by atoms with Crippen molar-refractivity contribution in [3.8, 4) is 0 Å². The zero-order chi connectivity index (χ0) is 5.98. The van der Waals surface area contributed by atoms with Crippen molar-refractivity contribution in [1.82, 2.24) is 4.37 Å². The number of rotatable bonds is 1. The summed E-state index contributed by atoms with van der Waals surface area (Å²) in [7, 11) is 0. The Balaban J connectivity index is 2.92. The Morgan fingerprint density at radius 1 is 1.88 bits per heavy atom. The first-order valence-electron chi connectivity index (χ1n) is 2.30. The summed E-state index contributed by atoms with van der Waals surface area (Å²) in [5.41, 5.74) is 1.28. The van der Waals surface area contributed by atoms with E-state index >= 15 is 0 Å². The Morgan fingerprint density at radius 2 is 2.62 bits per heavy atom. The molecule has 8 heavy (non-hydrogen) atoms. The van der Waals surface area contributed by atoms with Crippen molar-refractivity contribution in [3.63, 3.8) is 0 Å². The molecule has 0 saturated heterocycles. The van der Waals surface area contributed by atoms with Crippen molar-refractivity contribution in [3.05, 3.63) is 16.6 Å². The first-order valence-corrected chi connectivity index (χ1v) is 4.20. The molecule has 0 aliphatic carbocycles. The van der Waals surface area contributed by atoms with Crippen LogP contribution in [-0.2, 0) is 5.33 Å². The molecule has 1 aromatic heterocycles. The van der Waals surface area contributed by atoms with E-state index in [1.165, 1.54) is 10.4 Å². The Bertz CT molecular complexity index is 173. The highest BCUT2D eigenvalue weighted by molar-refractivity contribution is 9.08. The second-order valence-electron chi connectivity index (χ2n) is 1.57. The van der Waals surface area contributed by atoms with Crippen LogP contribution in [0.5, 0.6) is 0 Å². The molecule has 0 aromatic carbocycles. The van der Waals surface area contributed by atoms with E-state index in [9.17, 15) is 0 Å². The van der Waals surface area contributed by atoms with Crippen molar-refractivity contribution in [2.75, 3.05) is 0 Å². The van der Waals surface area contributed by atoms with Crippen LogP contribution >= 0.6 is 27.5 Å². The summed E-state index contributed by atoms with van der Waals surface area (Å²) in [5, 5.41) is 0.934. The zero-order valence-corrected chi connectivity index (χ0v) is 6.92. The van der Waals surface area contributed by atoms with Gasteiger partial charge in [0, 0.05) is 16.4 Å². The number of aromatic nitrogens is 1. The first kappa shape index (κ1) is 6.23. The molecule has 1 rings (SSSR count). The van der Waals surface area contributed by atoms with Gasteiger partial charge in [0.05, 0.1) is 0 Å². The summed E-state index contributed by atoms with van der Waals surface area (Å²) in [6.07, 6.45) is 1.89. The van der Waals surface area contributed by atoms with Gasteiger partial charge in [0.2, 0.25) is 0 Å². The molecule has 0 fully saturated rings. The molecule has 0 amide bonds. The third-order valence-electron chi connectivity index (χ3n) is 0.970. The molecule has 0 unspecified atom stereocenters. The van der Waals surface area contributed by atoms with Crippen molar-refractivity contribution in [2.24, 2.45) is 0 Å². The normalized spacial score (nSPS) is 9.75. The van der Waals surface area contributed by atoms with E-state index in [1.807, 2.05) is 6.20 Å². The fourth-order valence-corrected chi connectivity index (χ4v) is 1.78. The Kier molecular flexibility index (Phi) is 2.02. The van der Waals surface area contributed by atoms with Crippen LogP contribution in [-0.4, -0.2) is 4.37 Å². The van der Waals surface area contributed by atoms with Crippen molar-refractivity contribution >= 4 is 27.5 Å². The lowest BCUT2D eigenvalue weighted by Crippen LogP contribution is -1.69. The predicted octanol–water partition coefficient (Wildman–Crippen LogP) is 2.35. The van der Waals surface area contributed by atoms with Gasteiger partial charge in [-0.3, -0.25) is 0 Å². The molecule has 0 aliphatic heterocycles. The first-order chi connectivity index (χ1) is 3.84. The Morgan fingerprint density at radius 3 is 2.88 bits per heavy atom. The maximum atomic E-state index is 4.00. The van der Waals surface area contributed by atoms with E-state index in [1.54, 1.807) is 11.5 Å². The average Bonchev–Trinajstić information content (AvgIpc) is 2.14. The number of aryl methyl sites for hydroxylation is 1. The summed E-state index contributed by atoms with van der Waals surface area (Å²) in [6, 6.07) is 0. The molecule has 0 atom stereocenters. The zero-order valence-electron chi connectivity index (χ0n) is 4.52. The summed E-state index contributed by atoms with van der Waals surface area (Å²) in [6.45, 7) is 2.07. The molecule has 1 aromatic rings. The number of hydrogen-bond donors (Lipinski definition) is 0. The molecule has 1 nitrogen and oxygen atoms in total. The molecule has 1 heterocycles. The molecule has 0 N–H and O–H groups in total. The smallest absolute Gasteiger partial charge is 0.0439 e. The van der Waals surface area contributed by atoms with Gasteiger partial charge >= 0.3 is 0 Å². The minimum Gasteiger partial charge on any atom is -0.201 e. The summed E-state index contributed by atoms with van der Waals surface area (Å²) >= 11 is 4.91. The van der Waals surface area contributed by atoms with E-state index in [0.717, 1.165) is 5.33 Å². The van der Waals surface area contributed by atoms with Crippen LogP contribution in [0.25, 0.3) is 0 Å². The monoisotopic (exact) mass is 191 g/mol. The van der Waals surface area contributed by atoms with Crippen molar-refractivity contribution in [2.45, 2.75) is 12.3 Å². The Labute approximate surface area is 61.0 Å². The number of nitrogens with zero attached hydrogens (tertiary/aromatic N) is 1. The van der Waals surface area contributed by atoms with E-state index in [0.29, 0.717) is 0 Å². The molecule has 44 valence electrons. The van der Waals surface area contributed by atoms with Crippen LogP contribution in [0.2, 0.25) is 0 Å². The summed E-state index contributed by atoms with van der Waals surface area (Å²) < 4.78 is 4.00. The van der Waals surface area contributed by atoms with E-state index in [4.69, 9.17) is 0 Å². The van der Waals surface area contributed by atoms with Gasteiger partial charge in [0.25, 0.3) is 0 Å². The largest absolute Gasteiger partial charge is 0.201 e. The summed E-state index contributed by atoms with van der Waals surface area (Å²) in [4.78, 5) is 1.32. The van der Waals surface area contributed by atoms with Gasteiger partial charge in [-0.05, 0) is 24.0 Å². The van der Waals surface area contributed by atoms with E-state index in [2.05, 4.69) is 27.2 Å². The number of hydrogen-bond acceptors (Lipinski definition) is 2. The lowest BCUT2D eigenvalue weighted by atomic mass is 10.3. The van der Waals surface area contributed by atoms with Crippen LogP contribution < -0.4 is 0 Å². The van der Waals surface area contributed by atoms with Crippen molar-refractivity contribution < 1.29 is 0 Å². The van der Waals surface area contributed by atoms with Crippen LogP contribution in [0.1, 0.15) is 10.4 Å². The topological polar surface area (TPSA) is 12.9 Å². The van der Waals surface area contributed by atoms with Gasteiger partial charge in [0.1, 0.15) is 0 Å². The third-order valence-corrected chi connectivity index (χ3v) is 2.80. The molecule has 0 radical (unpaired) electrons. The van der Waals surface area contributed by atoms with Crippen molar-refractivity contribution in [1.29, 1.82) is 0 Å². The lowest BCUT2D eigenvalue weighted by Gasteiger charge is -1.84.